The molecule has 2 amide bonds. The van der Waals surface area contributed by atoms with E-state index in [2.05, 4.69) is 25.8 Å². The van der Waals surface area contributed by atoms with Crippen molar-refractivity contribution in [1.29, 1.82) is 0 Å². The summed E-state index contributed by atoms with van der Waals surface area (Å²) in [6.45, 7) is 3.75. The van der Waals surface area contributed by atoms with Gasteiger partial charge in [-0.25, -0.2) is 5.10 Å². The van der Waals surface area contributed by atoms with E-state index >= 15 is 0 Å². The normalized spacial score (nSPS) is 11.7. The third kappa shape index (κ3) is 8.64. The SMILES string of the molecule is COc1ccc2[nH]c(C)c(CC(=O)N[C@@H](CCCCCC(C)=O)C(=O)NCCc3cc(=O)[nH]nc3-c3ccccc3)c2c1. The van der Waals surface area contributed by atoms with Gasteiger partial charge in [-0.3, -0.25) is 14.4 Å². The van der Waals surface area contributed by atoms with E-state index in [1.165, 1.54) is 6.07 Å². The number of hydrogen-bond acceptors (Lipinski definition) is 6. The highest BCUT2D eigenvalue weighted by Gasteiger charge is 2.22. The molecule has 4 N–H and O–H groups in total. The van der Waals surface area contributed by atoms with Crippen LogP contribution in [0.3, 0.4) is 0 Å². The number of nitrogens with zero attached hydrogens (tertiary/aromatic N) is 1. The van der Waals surface area contributed by atoms with E-state index in [1.54, 1.807) is 14.0 Å². The molecule has 2 aromatic carbocycles. The number of fused-ring (bicyclic) bond motifs is 1. The molecule has 10 nitrogen and oxygen atoms in total. The zero-order valence-electron chi connectivity index (χ0n) is 24.9. The van der Waals surface area contributed by atoms with Crippen molar-refractivity contribution in [3.63, 3.8) is 0 Å². The number of aromatic amines is 2. The monoisotopic (exact) mass is 585 g/mol. The molecule has 2 heterocycles. The quantitative estimate of drug-likeness (QED) is 0.154. The highest BCUT2D eigenvalue weighted by atomic mass is 16.5. The number of ketones is 1. The molecule has 1 atom stereocenters. The van der Waals surface area contributed by atoms with Crippen molar-refractivity contribution in [2.45, 2.75) is 64.8 Å². The second-order valence-corrected chi connectivity index (χ2v) is 10.8. The predicted octanol–water partition coefficient (Wildman–Crippen LogP) is 4.16. The molecule has 43 heavy (non-hydrogen) atoms. The minimum absolute atomic E-state index is 0.103. The molecule has 226 valence electrons. The molecule has 0 fully saturated rings. The zero-order chi connectivity index (χ0) is 30.8. The van der Waals surface area contributed by atoms with Crippen LogP contribution in [0, 0.1) is 6.92 Å². The van der Waals surface area contributed by atoms with Gasteiger partial charge < -0.3 is 25.1 Å². The van der Waals surface area contributed by atoms with Crippen molar-refractivity contribution in [1.82, 2.24) is 25.8 Å². The number of methoxy groups -OCH3 is 1. The maximum absolute atomic E-state index is 13.3. The fourth-order valence-corrected chi connectivity index (χ4v) is 5.21. The highest BCUT2D eigenvalue weighted by Crippen LogP contribution is 2.27. The Kier molecular flexibility index (Phi) is 10.9. The number of unbranched alkanes of at least 4 members (excludes halogenated alkanes) is 2. The van der Waals surface area contributed by atoms with Crippen LogP contribution in [0.5, 0.6) is 5.75 Å². The van der Waals surface area contributed by atoms with Gasteiger partial charge in [0.15, 0.2) is 0 Å². The Morgan fingerprint density at radius 2 is 1.81 bits per heavy atom. The zero-order valence-corrected chi connectivity index (χ0v) is 24.9. The number of carbonyl (C=O) groups excluding carboxylic acids is 3. The van der Waals surface area contributed by atoms with Crippen LogP contribution in [0.2, 0.25) is 0 Å². The molecule has 0 aliphatic rings. The minimum atomic E-state index is -0.740. The molecule has 4 aromatic rings. The van der Waals surface area contributed by atoms with Gasteiger partial charge in [0.2, 0.25) is 11.8 Å². The average Bonchev–Trinajstić information content (AvgIpc) is 3.30. The Balaban J connectivity index is 1.43. The number of nitrogens with one attached hydrogen (secondary N) is 4. The molecule has 0 saturated carbocycles. The predicted molar refractivity (Wildman–Crippen MR) is 166 cm³/mol. The summed E-state index contributed by atoms with van der Waals surface area (Å²) < 4.78 is 5.36. The summed E-state index contributed by atoms with van der Waals surface area (Å²) in [6.07, 6.45) is 3.64. The fraction of sp³-hybridized carbons (Fsp3) is 0.364. The molecular formula is C33H39N5O5. The molecule has 2 aromatic heterocycles. The molecular weight excluding hydrogens is 546 g/mol. The number of H-pyrrole nitrogens is 2. The number of Topliss-reactive ketones (excluding diaryl/α,β-unsaturated/α-hetero) is 1. The summed E-state index contributed by atoms with van der Waals surface area (Å²) in [5.41, 5.74) is 4.54. The summed E-state index contributed by atoms with van der Waals surface area (Å²) in [5.74, 6) is 0.275. The Bertz CT molecular complexity index is 1630. The molecule has 0 bridgehead atoms. The number of aromatic nitrogens is 3. The van der Waals surface area contributed by atoms with E-state index in [4.69, 9.17) is 4.74 Å². The van der Waals surface area contributed by atoms with Gasteiger partial charge >= 0.3 is 0 Å². The van der Waals surface area contributed by atoms with Crippen molar-refractivity contribution in [3.8, 4) is 17.0 Å². The van der Waals surface area contributed by atoms with Crippen molar-refractivity contribution in [3.05, 3.63) is 81.8 Å². The maximum atomic E-state index is 13.3. The highest BCUT2D eigenvalue weighted by molar-refractivity contribution is 5.93. The molecule has 0 saturated heterocycles. The van der Waals surface area contributed by atoms with Gasteiger partial charge in [0, 0.05) is 41.2 Å². The molecule has 0 spiro atoms. The van der Waals surface area contributed by atoms with Gasteiger partial charge in [-0.2, -0.15) is 5.10 Å². The lowest BCUT2D eigenvalue weighted by atomic mass is 10.0. The molecule has 0 aliphatic carbocycles. The third-order valence-corrected chi connectivity index (χ3v) is 7.47. The topological polar surface area (TPSA) is 146 Å². The van der Waals surface area contributed by atoms with Crippen LogP contribution < -0.4 is 20.9 Å². The smallest absolute Gasteiger partial charge is 0.264 e. The van der Waals surface area contributed by atoms with Gasteiger partial charge in [-0.1, -0.05) is 43.2 Å². The van der Waals surface area contributed by atoms with E-state index < -0.39 is 6.04 Å². The molecule has 4 rings (SSSR count). The van der Waals surface area contributed by atoms with E-state index in [1.807, 2.05) is 55.5 Å². The summed E-state index contributed by atoms with van der Waals surface area (Å²) >= 11 is 0. The summed E-state index contributed by atoms with van der Waals surface area (Å²) in [5, 5.41) is 13.5. The first-order valence-electron chi connectivity index (χ1n) is 14.6. The molecule has 0 radical (unpaired) electrons. The Morgan fingerprint density at radius 1 is 1.02 bits per heavy atom. The van der Waals surface area contributed by atoms with Crippen molar-refractivity contribution < 1.29 is 19.1 Å². The first-order valence-corrected chi connectivity index (χ1v) is 14.6. The molecule has 0 unspecified atom stereocenters. The number of carbonyl (C=O) groups is 3. The standard InChI is InChI=1S/C33H39N5O5/c1-21(39)10-6-4-9-13-29(36-30(40)20-26-22(2)35-28-15-14-25(43-3)19-27(26)28)33(42)34-17-16-24-18-31(41)37-38-32(24)23-11-7-5-8-12-23/h5,7-8,11-12,14-15,18-19,29,35H,4,6,9-10,13,16-17,20H2,1-3H3,(H,34,42)(H,36,40)(H,37,41)/t29-/m0/s1. The van der Waals surface area contributed by atoms with Crippen LogP contribution in [0.4, 0.5) is 0 Å². The Labute approximate surface area is 250 Å². The Morgan fingerprint density at radius 3 is 2.56 bits per heavy atom. The summed E-state index contributed by atoms with van der Waals surface area (Å²) in [4.78, 5) is 53.2. The Hall–Kier alpha value is -4.73. The molecule has 0 aliphatic heterocycles. The van der Waals surface area contributed by atoms with Crippen LogP contribution >= 0.6 is 0 Å². The number of ether oxygens (including phenoxy) is 1. The summed E-state index contributed by atoms with van der Waals surface area (Å²) in [7, 11) is 1.60. The second-order valence-electron chi connectivity index (χ2n) is 10.8. The van der Waals surface area contributed by atoms with Crippen LogP contribution in [-0.2, 0) is 27.2 Å². The van der Waals surface area contributed by atoms with E-state index in [0.717, 1.165) is 40.6 Å². The first-order chi connectivity index (χ1) is 20.7. The van der Waals surface area contributed by atoms with Crippen molar-refractivity contribution in [2.75, 3.05) is 13.7 Å². The van der Waals surface area contributed by atoms with Gasteiger partial charge in [-0.15, -0.1) is 0 Å². The first kappa shape index (κ1) is 31.2. The van der Waals surface area contributed by atoms with Gasteiger partial charge in [0.05, 0.1) is 19.2 Å². The van der Waals surface area contributed by atoms with E-state index in [9.17, 15) is 19.2 Å². The lowest BCUT2D eigenvalue weighted by Crippen LogP contribution is -2.47. The van der Waals surface area contributed by atoms with Crippen LogP contribution in [0.1, 0.15) is 55.8 Å². The average molecular weight is 586 g/mol. The fourth-order valence-electron chi connectivity index (χ4n) is 5.21. The minimum Gasteiger partial charge on any atom is -0.497 e. The van der Waals surface area contributed by atoms with Crippen LogP contribution in [0.15, 0.2) is 59.4 Å². The lowest BCUT2D eigenvalue weighted by molar-refractivity contribution is -0.128. The van der Waals surface area contributed by atoms with Crippen LogP contribution in [-0.4, -0.2) is 52.5 Å². The number of rotatable bonds is 15. The number of benzene rings is 2. The number of hydrogen-bond donors (Lipinski definition) is 4. The van der Waals surface area contributed by atoms with Gasteiger partial charge in [0.25, 0.3) is 5.56 Å². The van der Waals surface area contributed by atoms with E-state index in [0.29, 0.717) is 42.7 Å². The number of amides is 2. The van der Waals surface area contributed by atoms with Gasteiger partial charge in [0.1, 0.15) is 17.6 Å². The van der Waals surface area contributed by atoms with Crippen LogP contribution in [0.25, 0.3) is 22.2 Å². The largest absolute Gasteiger partial charge is 0.497 e. The van der Waals surface area contributed by atoms with Gasteiger partial charge in [-0.05, 0) is 62.4 Å². The third-order valence-electron chi connectivity index (χ3n) is 7.47. The van der Waals surface area contributed by atoms with Crippen molar-refractivity contribution in [2.24, 2.45) is 0 Å². The van der Waals surface area contributed by atoms with E-state index in [-0.39, 0.29) is 36.1 Å². The molecule has 10 heteroatoms. The maximum Gasteiger partial charge on any atom is 0.264 e. The lowest BCUT2D eigenvalue weighted by Gasteiger charge is -2.19. The number of aryl methyl sites for hydroxylation is 1. The second kappa shape index (κ2) is 14.9. The van der Waals surface area contributed by atoms with Crippen molar-refractivity contribution >= 4 is 28.5 Å². The summed E-state index contributed by atoms with van der Waals surface area (Å²) in [6, 6.07) is 15.9.